The van der Waals surface area contributed by atoms with Gasteiger partial charge in [-0.1, -0.05) is 17.7 Å². The van der Waals surface area contributed by atoms with Gasteiger partial charge in [0.1, 0.15) is 23.7 Å². The first-order chi connectivity index (χ1) is 11.3. The Morgan fingerprint density at radius 2 is 2.13 bits per heavy atom. The van der Waals surface area contributed by atoms with Crippen molar-refractivity contribution in [3.63, 3.8) is 0 Å². The molecule has 1 saturated heterocycles. The molecule has 23 heavy (non-hydrogen) atoms. The monoisotopic (exact) mass is 334 g/mol. The van der Waals surface area contributed by atoms with E-state index in [1.807, 2.05) is 24.3 Å². The summed E-state index contributed by atoms with van der Waals surface area (Å²) in [6, 6.07) is 7.54. The number of methoxy groups -OCH3 is 1. The lowest BCUT2D eigenvalue weighted by Gasteiger charge is -2.27. The molecular formula is C16H19ClN4O2. The van der Waals surface area contributed by atoms with E-state index in [9.17, 15) is 0 Å². The molecule has 1 aliphatic heterocycles. The van der Waals surface area contributed by atoms with Gasteiger partial charge in [0.25, 0.3) is 0 Å². The third-order valence-electron chi connectivity index (χ3n) is 3.73. The number of morpholine rings is 1. The molecule has 0 unspecified atom stereocenters. The Morgan fingerprint density at radius 3 is 2.91 bits per heavy atom. The predicted molar refractivity (Wildman–Crippen MR) is 90.4 cm³/mol. The van der Waals surface area contributed by atoms with E-state index >= 15 is 0 Å². The van der Waals surface area contributed by atoms with Gasteiger partial charge in [0.2, 0.25) is 0 Å². The van der Waals surface area contributed by atoms with Gasteiger partial charge in [0.15, 0.2) is 0 Å². The van der Waals surface area contributed by atoms with Crippen LogP contribution in [0.1, 0.15) is 5.56 Å². The fourth-order valence-corrected chi connectivity index (χ4v) is 2.72. The maximum atomic E-state index is 6.25. The van der Waals surface area contributed by atoms with Gasteiger partial charge >= 0.3 is 0 Å². The van der Waals surface area contributed by atoms with E-state index in [-0.39, 0.29) is 0 Å². The standard InChI is InChI=1S/C16H19ClN4O2/c1-22-14-4-2-3-13(17)12(14)10-18-15-9-16(20-11-19-15)21-5-7-23-8-6-21/h2-4,9,11H,5-8,10H2,1H3,(H,18,19,20). The third kappa shape index (κ3) is 3.83. The first kappa shape index (κ1) is 15.8. The Bertz CT molecular complexity index is 662. The Labute approximate surface area is 140 Å². The van der Waals surface area contributed by atoms with Crippen LogP contribution >= 0.6 is 11.6 Å². The van der Waals surface area contributed by atoms with Crippen LogP contribution in [0.25, 0.3) is 0 Å². The zero-order valence-corrected chi connectivity index (χ0v) is 13.7. The van der Waals surface area contributed by atoms with E-state index in [1.165, 1.54) is 0 Å². The fourth-order valence-electron chi connectivity index (χ4n) is 2.49. The lowest BCUT2D eigenvalue weighted by atomic mass is 10.2. The lowest BCUT2D eigenvalue weighted by molar-refractivity contribution is 0.122. The Hall–Kier alpha value is -2.05. The highest BCUT2D eigenvalue weighted by molar-refractivity contribution is 6.31. The number of ether oxygens (including phenoxy) is 2. The second-order valence-electron chi connectivity index (χ2n) is 5.14. The third-order valence-corrected chi connectivity index (χ3v) is 4.08. The summed E-state index contributed by atoms with van der Waals surface area (Å²) in [6.07, 6.45) is 1.57. The van der Waals surface area contributed by atoms with Crippen LogP contribution in [0.3, 0.4) is 0 Å². The normalized spacial score (nSPS) is 14.6. The van der Waals surface area contributed by atoms with Gasteiger partial charge < -0.3 is 19.7 Å². The van der Waals surface area contributed by atoms with Crippen molar-refractivity contribution in [3.05, 3.63) is 41.2 Å². The van der Waals surface area contributed by atoms with Gasteiger partial charge in [0.05, 0.1) is 20.3 Å². The van der Waals surface area contributed by atoms with Gasteiger partial charge in [-0.2, -0.15) is 0 Å². The molecular weight excluding hydrogens is 316 g/mol. The fraction of sp³-hybridized carbons (Fsp3) is 0.375. The number of nitrogens with one attached hydrogen (secondary N) is 1. The summed E-state index contributed by atoms with van der Waals surface area (Å²) in [5, 5.41) is 3.95. The minimum atomic E-state index is 0.530. The molecule has 7 heteroatoms. The second kappa shape index (κ2) is 7.48. The summed E-state index contributed by atoms with van der Waals surface area (Å²) in [7, 11) is 1.64. The van der Waals surface area contributed by atoms with Crippen molar-refractivity contribution in [2.24, 2.45) is 0 Å². The van der Waals surface area contributed by atoms with Crippen LogP contribution in [0, 0.1) is 0 Å². The zero-order valence-electron chi connectivity index (χ0n) is 13.0. The highest BCUT2D eigenvalue weighted by Crippen LogP contribution is 2.27. The molecule has 0 spiro atoms. The molecule has 1 aliphatic rings. The van der Waals surface area contributed by atoms with Gasteiger partial charge in [-0.15, -0.1) is 0 Å². The molecule has 0 saturated carbocycles. The molecule has 2 heterocycles. The molecule has 1 aromatic carbocycles. The van der Waals surface area contributed by atoms with Crippen molar-refractivity contribution < 1.29 is 9.47 Å². The van der Waals surface area contributed by atoms with E-state index in [2.05, 4.69) is 20.2 Å². The van der Waals surface area contributed by atoms with E-state index in [1.54, 1.807) is 13.4 Å². The van der Waals surface area contributed by atoms with Crippen LogP contribution in [-0.2, 0) is 11.3 Å². The molecule has 122 valence electrons. The first-order valence-corrected chi connectivity index (χ1v) is 7.85. The van der Waals surface area contributed by atoms with Crippen molar-refractivity contribution in [1.29, 1.82) is 0 Å². The average Bonchev–Trinajstić information content (AvgIpc) is 2.61. The molecule has 0 aliphatic carbocycles. The van der Waals surface area contributed by atoms with Crippen LogP contribution in [0.5, 0.6) is 5.75 Å². The molecule has 6 nitrogen and oxygen atoms in total. The topological polar surface area (TPSA) is 59.5 Å². The summed E-state index contributed by atoms with van der Waals surface area (Å²) in [6.45, 7) is 3.67. The quantitative estimate of drug-likeness (QED) is 0.907. The van der Waals surface area contributed by atoms with Crippen LogP contribution in [0.4, 0.5) is 11.6 Å². The molecule has 1 fully saturated rings. The molecule has 1 aromatic heterocycles. The van der Waals surface area contributed by atoms with Crippen LogP contribution in [-0.4, -0.2) is 43.4 Å². The maximum Gasteiger partial charge on any atom is 0.134 e. The van der Waals surface area contributed by atoms with Gasteiger partial charge in [-0.05, 0) is 12.1 Å². The lowest BCUT2D eigenvalue weighted by Crippen LogP contribution is -2.36. The molecule has 0 amide bonds. The Kier molecular flexibility index (Phi) is 5.15. The first-order valence-electron chi connectivity index (χ1n) is 7.48. The highest BCUT2D eigenvalue weighted by atomic mass is 35.5. The summed E-state index contributed by atoms with van der Waals surface area (Å²) >= 11 is 6.25. The number of benzene rings is 1. The van der Waals surface area contributed by atoms with Crippen molar-refractivity contribution in [3.8, 4) is 5.75 Å². The summed E-state index contributed by atoms with van der Waals surface area (Å²) in [4.78, 5) is 10.8. The number of hydrogen-bond acceptors (Lipinski definition) is 6. The largest absolute Gasteiger partial charge is 0.496 e. The SMILES string of the molecule is COc1cccc(Cl)c1CNc1cc(N2CCOCC2)ncn1. The van der Waals surface area contributed by atoms with Crippen molar-refractivity contribution in [2.75, 3.05) is 43.6 Å². The molecule has 0 atom stereocenters. The minimum Gasteiger partial charge on any atom is -0.496 e. The number of nitrogens with zero attached hydrogens (tertiary/aromatic N) is 3. The summed E-state index contributed by atoms with van der Waals surface area (Å²) < 4.78 is 10.7. The van der Waals surface area contributed by atoms with Crippen molar-refractivity contribution >= 4 is 23.2 Å². The number of aromatic nitrogens is 2. The molecule has 1 N–H and O–H groups in total. The van der Waals surface area contributed by atoms with Crippen LogP contribution < -0.4 is 15.0 Å². The number of anilines is 2. The van der Waals surface area contributed by atoms with E-state index < -0.39 is 0 Å². The smallest absolute Gasteiger partial charge is 0.134 e. The number of rotatable bonds is 5. The number of halogens is 1. The van der Waals surface area contributed by atoms with Crippen LogP contribution in [0.15, 0.2) is 30.6 Å². The summed E-state index contributed by atoms with van der Waals surface area (Å²) in [5.41, 5.74) is 0.906. The molecule has 0 radical (unpaired) electrons. The Balaban J connectivity index is 1.71. The number of hydrogen-bond donors (Lipinski definition) is 1. The van der Waals surface area contributed by atoms with E-state index in [0.29, 0.717) is 11.6 Å². The van der Waals surface area contributed by atoms with E-state index in [0.717, 1.165) is 49.3 Å². The molecule has 3 rings (SSSR count). The van der Waals surface area contributed by atoms with E-state index in [4.69, 9.17) is 21.1 Å². The molecule has 0 bridgehead atoms. The summed E-state index contributed by atoms with van der Waals surface area (Å²) in [5.74, 6) is 2.41. The maximum absolute atomic E-state index is 6.25. The second-order valence-corrected chi connectivity index (χ2v) is 5.54. The van der Waals surface area contributed by atoms with Crippen LogP contribution in [0.2, 0.25) is 5.02 Å². The van der Waals surface area contributed by atoms with Gasteiger partial charge in [-0.25, -0.2) is 9.97 Å². The Morgan fingerprint density at radius 1 is 1.30 bits per heavy atom. The predicted octanol–water partition coefficient (Wildman–Crippen LogP) is 2.59. The minimum absolute atomic E-state index is 0.530. The van der Waals surface area contributed by atoms with Gasteiger partial charge in [0, 0.05) is 36.3 Å². The van der Waals surface area contributed by atoms with Gasteiger partial charge in [-0.3, -0.25) is 0 Å². The van der Waals surface area contributed by atoms with Crippen molar-refractivity contribution in [2.45, 2.75) is 6.54 Å². The zero-order chi connectivity index (χ0) is 16.1. The van der Waals surface area contributed by atoms with Crippen molar-refractivity contribution in [1.82, 2.24) is 9.97 Å². The average molecular weight is 335 g/mol. The molecule has 2 aromatic rings. The highest BCUT2D eigenvalue weighted by Gasteiger charge is 2.13.